The molecule has 0 bridgehead atoms. The molecule has 30 heavy (non-hydrogen) atoms. The molecule has 0 aliphatic heterocycles. The van der Waals surface area contributed by atoms with Gasteiger partial charge in [0.15, 0.2) is 0 Å². The molecular formula is C17H11F6N3O2S2. The first-order valence-electron chi connectivity index (χ1n) is 8.02. The summed E-state index contributed by atoms with van der Waals surface area (Å²) in [4.78, 5) is -1.13. The number of sulfonamides is 1. The van der Waals surface area contributed by atoms with Crippen LogP contribution in [-0.2, 0) is 28.9 Å². The third kappa shape index (κ3) is 5.15. The maximum absolute atomic E-state index is 12.9. The number of nitrogens with zero attached hydrogens (tertiary/aromatic N) is 2. The van der Waals surface area contributed by atoms with Crippen molar-refractivity contribution in [2.75, 3.05) is 0 Å². The summed E-state index contributed by atoms with van der Waals surface area (Å²) in [6.45, 7) is -0.338. The molecule has 5 nitrogen and oxygen atoms in total. The van der Waals surface area contributed by atoms with E-state index >= 15 is 0 Å². The molecule has 0 aliphatic carbocycles. The molecule has 0 saturated carbocycles. The van der Waals surface area contributed by atoms with Crippen LogP contribution < -0.4 is 4.72 Å². The molecule has 1 N–H and O–H groups in total. The van der Waals surface area contributed by atoms with Crippen LogP contribution in [0.5, 0.6) is 0 Å². The van der Waals surface area contributed by atoms with Crippen LogP contribution in [0.3, 0.4) is 0 Å². The first kappa shape index (κ1) is 22.2. The van der Waals surface area contributed by atoms with Gasteiger partial charge in [0.05, 0.1) is 16.0 Å². The lowest BCUT2D eigenvalue weighted by Gasteiger charge is -2.15. The molecule has 160 valence electrons. The molecule has 1 aromatic heterocycles. The average molecular weight is 467 g/mol. The number of halogens is 6. The van der Waals surface area contributed by atoms with E-state index in [0.717, 1.165) is 11.5 Å². The van der Waals surface area contributed by atoms with Crippen LogP contribution >= 0.6 is 11.5 Å². The molecule has 3 aromatic rings. The number of nitrogens with one attached hydrogen (secondary N) is 1. The summed E-state index contributed by atoms with van der Waals surface area (Å²) in [6.07, 6.45) is -10.3. The van der Waals surface area contributed by atoms with E-state index in [-0.39, 0.29) is 24.7 Å². The molecule has 0 atom stereocenters. The second-order valence-corrected chi connectivity index (χ2v) is 8.43. The minimum atomic E-state index is -5.15. The van der Waals surface area contributed by atoms with Gasteiger partial charge in [-0.25, -0.2) is 13.1 Å². The van der Waals surface area contributed by atoms with Gasteiger partial charge in [-0.05, 0) is 35.3 Å². The van der Waals surface area contributed by atoms with E-state index in [1.165, 1.54) is 0 Å². The average Bonchev–Trinajstić information content (AvgIpc) is 3.20. The highest BCUT2D eigenvalue weighted by molar-refractivity contribution is 7.89. The molecule has 0 spiro atoms. The van der Waals surface area contributed by atoms with Crippen molar-refractivity contribution in [2.24, 2.45) is 0 Å². The second-order valence-electron chi connectivity index (χ2n) is 6.05. The van der Waals surface area contributed by atoms with Crippen LogP contribution in [0, 0.1) is 0 Å². The highest BCUT2D eigenvalue weighted by Crippen LogP contribution is 2.37. The lowest BCUT2D eigenvalue weighted by atomic mass is 10.1. The summed E-state index contributed by atoms with van der Waals surface area (Å²) in [7, 11) is -4.65. The topological polar surface area (TPSA) is 72.0 Å². The van der Waals surface area contributed by atoms with Crippen LogP contribution in [-0.4, -0.2) is 18.0 Å². The van der Waals surface area contributed by atoms with Crippen LogP contribution in [0.2, 0.25) is 0 Å². The minimum Gasteiger partial charge on any atom is -0.207 e. The van der Waals surface area contributed by atoms with Gasteiger partial charge in [-0.15, -0.1) is 5.10 Å². The first-order chi connectivity index (χ1) is 13.9. The zero-order valence-electron chi connectivity index (χ0n) is 14.6. The number of rotatable bonds is 5. The Morgan fingerprint density at radius 2 is 1.47 bits per heavy atom. The summed E-state index contributed by atoms with van der Waals surface area (Å²) in [5.74, 6) is 0. The molecule has 0 saturated heterocycles. The smallest absolute Gasteiger partial charge is 0.207 e. The number of aromatic nitrogens is 2. The van der Waals surface area contributed by atoms with Crippen molar-refractivity contribution in [3.63, 3.8) is 0 Å². The molecular weight excluding hydrogens is 456 g/mol. The van der Waals surface area contributed by atoms with Gasteiger partial charge in [0.1, 0.15) is 5.69 Å². The van der Waals surface area contributed by atoms with E-state index in [9.17, 15) is 34.8 Å². The van der Waals surface area contributed by atoms with Gasteiger partial charge in [0, 0.05) is 17.5 Å². The fourth-order valence-corrected chi connectivity index (χ4v) is 3.98. The lowest BCUT2D eigenvalue weighted by Crippen LogP contribution is -2.24. The van der Waals surface area contributed by atoms with Gasteiger partial charge in [0.25, 0.3) is 0 Å². The standard InChI is InChI=1S/C17H11F6N3O2S2/c18-16(19,20)12-5-13(17(21,22)23)7-14(6-12)30(27,28)24-8-10-1-3-11(4-2-10)15-9-29-26-25-15/h1-7,9,24H,8H2. The van der Waals surface area contributed by atoms with Crippen LogP contribution in [0.25, 0.3) is 11.3 Å². The predicted octanol–water partition coefficient (Wildman–Crippen LogP) is 4.72. The van der Waals surface area contributed by atoms with Gasteiger partial charge < -0.3 is 0 Å². The maximum atomic E-state index is 12.9. The van der Waals surface area contributed by atoms with Crippen LogP contribution in [0.15, 0.2) is 52.7 Å². The fraction of sp³-hybridized carbons (Fsp3) is 0.176. The Kier molecular flexibility index (Phi) is 5.89. The van der Waals surface area contributed by atoms with Gasteiger partial charge >= 0.3 is 12.4 Å². The zero-order valence-corrected chi connectivity index (χ0v) is 16.3. The Balaban J connectivity index is 1.84. The maximum Gasteiger partial charge on any atom is 0.416 e. The van der Waals surface area contributed by atoms with E-state index in [1.54, 1.807) is 29.6 Å². The molecule has 1 heterocycles. The lowest BCUT2D eigenvalue weighted by molar-refractivity contribution is -0.143. The Hall–Kier alpha value is -2.51. The van der Waals surface area contributed by atoms with E-state index in [1.807, 2.05) is 4.72 Å². The minimum absolute atomic E-state index is 0.134. The largest absolute Gasteiger partial charge is 0.416 e. The van der Waals surface area contributed by atoms with Crippen LogP contribution in [0.1, 0.15) is 16.7 Å². The fourth-order valence-electron chi connectivity index (χ4n) is 2.43. The van der Waals surface area contributed by atoms with Crippen molar-refractivity contribution in [2.45, 2.75) is 23.8 Å². The number of benzene rings is 2. The SMILES string of the molecule is O=S(=O)(NCc1ccc(-c2csnn2)cc1)c1cc(C(F)(F)F)cc(C(F)(F)F)c1. The summed E-state index contributed by atoms with van der Waals surface area (Å²) in [5.41, 5.74) is -1.66. The monoisotopic (exact) mass is 467 g/mol. The first-order valence-corrected chi connectivity index (χ1v) is 10.3. The summed E-state index contributed by atoms with van der Waals surface area (Å²) < 4.78 is 108. The molecule has 0 aliphatic rings. The molecule has 0 radical (unpaired) electrons. The van der Waals surface area contributed by atoms with Crippen LogP contribution in [0.4, 0.5) is 26.3 Å². The predicted molar refractivity (Wildman–Crippen MR) is 95.8 cm³/mol. The van der Waals surface area contributed by atoms with Crippen molar-refractivity contribution >= 4 is 21.6 Å². The Morgan fingerprint density at radius 3 is 1.93 bits per heavy atom. The van der Waals surface area contributed by atoms with E-state index in [4.69, 9.17) is 0 Å². The third-order valence-corrected chi connectivity index (χ3v) is 5.83. The van der Waals surface area contributed by atoms with Gasteiger partial charge in [-0.1, -0.05) is 28.8 Å². The van der Waals surface area contributed by atoms with Gasteiger partial charge in [0.2, 0.25) is 10.0 Å². The third-order valence-electron chi connectivity index (χ3n) is 3.95. The zero-order chi connectivity index (χ0) is 22.2. The van der Waals surface area contributed by atoms with E-state index < -0.39 is 38.4 Å². The molecule has 13 heteroatoms. The highest BCUT2D eigenvalue weighted by atomic mass is 32.2. The molecule has 0 amide bonds. The van der Waals surface area contributed by atoms with E-state index in [2.05, 4.69) is 9.59 Å². The quantitative estimate of drug-likeness (QED) is 0.552. The molecule has 2 aromatic carbocycles. The Labute approximate surface area is 170 Å². The van der Waals surface area contributed by atoms with Gasteiger partial charge in [-0.2, -0.15) is 26.3 Å². The van der Waals surface area contributed by atoms with Crippen molar-refractivity contribution < 1.29 is 34.8 Å². The number of hydrogen-bond donors (Lipinski definition) is 1. The Morgan fingerprint density at radius 1 is 0.900 bits per heavy atom. The molecule has 3 rings (SSSR count). The second kappa shape index (κ2) is 7.96. The van der Waals surface area contributed by atoms with Crippen molar-refractivity contribution in [1.82, 2.24) is 14.3 Å². The normalized spacial score (nSPS) is 12.9. The van der Waals surface area contributed by atoms with Crippen molar-refractivity contribution in [1.29, 1.82) is 0 Å². The Bertz CT molecular complexity index is 1090. The number of alkyl halides is 6. The summed E-state index contributed by atoms with van der Waals surface area (Å²) in [6, 6.07) is 6.55. The summed E-state index contributed by atoms with van der Waals surface area (Å²) in [5, 5.41) is 5.57. The molecule has 0 unspecified atom stereocenters. The number of hydrogen-bond acceptors (Lipinski definition) is 5. The summed E-state index contributed by atoms with van der Waals surface area (Å²) >= 11 is 1.14. The van der Waals surface area contributed by atoms with Crippen molar-refractivity contribution in [3.05, 3.63) is 64.5 Å². The van der Waals surface area contributed by atoms with Gasteiger partial charge in [-0.3, -0.25) is 0 Å². The highest BCUT2D eigenvalue weighted by Gasteiger charge is 2.38. The van der Waals surface area contributed by atoms with E-state index in [0.29, 0.717) is 16.8 Å². The molecule has 0 fully saturated rings. The van der Waals surface area contributed by atoms with Crippen molar-refractivity contribution in [3.8, 4) is 11.3 Å².